The van der Waals surface area contributed by atoms with Gasteiger partial charge in [0.2, 0.25) is 0 Å². The van der Waals surface area contributed by atoms with Gasteiger partial charge in [-0.3, -0.25) is 4.79 Å². The number of hydrogen-bond acceptors (Lipinski definition) is 3. The van der Waals surface area contributed by atoms with E-state index in [0.29, 0.717) is 12.5 Å². The number of phenolic OH excluding ortho intramolecular Hbond substituents is 1. The van der Waals surface area contributed by atoms with Crippen molar-refractivity contribution in [2.75, 3.05) is 19.8 Å². The first-order chi connectivity index (χ1) is 8.66. The zero-order valence-corrected chi connectivity index (χ0v) is 9.99. The van der Waals surface area contributed by atoms with E-state index in [1.165, 1.54) is 6.07 Å². The predicted molar refractivity (Wildman–Crippen MR) is 63.9 cm³/mol. The second-order valence-corrected chi connectivity index (χ2v) is 4.44. The van der Waals surface area contributed by atoms with Crippen LogP contribution in [0, 0.1) is 11.7 Å². The van der Waals surface area contributed by atoms with Gasteiger partial charge in [-0.25, -0.2) is 4.39 Å². The molecule has 1 atom stereocenters. The molecule has 1 unspecified atom stereocenters. The van der Waals surface area contributed by atoms with Crippen molar-refractivity contribution in [1.82, 2.24) is 5.32 Å². The highest BCUT2D eigenvalue weighted by molar-refractivity contribution is 5.96. The van der Waals surface area contributed by atoms with E-state index in [1.54, 1.807) is 0 Å². The maximum Gasteiger partial charge on any atom is 0.255 e. The fourth-order valence-electron chi connectivity index (χ4n) is 1.99. The van der Waals surface area contributed by atoms with Gasteiger partial charge in [-0.05, 0) is 30.9 Å². The normalized spacial score (nSPS) is 18.8. The lowest BCUT2D eigenvalue weighted by Crippen LogP contribution is -2.26. The molecule has 2 rings (SSSR count). The third-order valence-corrected chi connectivity index (χ3v) is 3.07. The number of carbonyl (C=O) groups excluding carboxylic acids is 1. The highest BCUT2D eigenvalue weighted by Gasteiger charge is 2.16. The molecule has 18 heavy (non-hydrogen) atoms. The Morgan fingerprint density at radius 2 is 2.39 bits per heavy atom. The Bertz CT molecular complexity index is 430. The number of rotatable bonds is 4. The molecule has 0 aliphatic carbocycles. The molecular weight excluding hydrogens is 237 g/mol. The zero-order valence-electron chi connectivity index (χ0n) is 9.99. The third kappa shape index (κ3) is 3.20. The van der Waals surface area contributed by atoms with Gasteiger partial charge in [-0.2, -0.15) is 0 Å². The van der Waals surface area contributed by atoms with Crippen molar-refractivity contribution in [3.8, 4) is 5.75 Å². The third-order valence-electron chi connectivity index (χ3n) is 3.07. The summed E-state index contributed by atoms with van der Waals surface area (Å²) in [5.41, 5.74) is 0.0964. The summed E-state index contributed by atoms with van der Waals surface area (Å²) in [4.78, 5) is 11.7. The van der Waals surface area contributed by atoms with Crippen molar-refractivity contribution in [3.05, 3.63) is 29.6 Å². The molecule has 4 nitrogen and oxygen atoms in total. The Balaban J connectivity index is 1.83. The maximum atomic E-state index is 12.8. The average molecular weight is 253 g/mol. The molecule has 1 aliphatic heterocycles. The van der Waals surface area contributed by atoms with Crippen LogP contribution in [0.2, 0.25) is 0 Å². The second-order valence-electron chi connectivity index (χ2n) is 4.44. The molecule has 0 saturated carbocycles. The molecule has 1 fully saturated rings. The molecule has 1 aromatic rings. The molecule has 0 radical (unpaired) electrons. The van der Waals surface area contributed by atoms with E-state index in [1.807, 2.05) is 0 Å². The molecule has 1 aromatic carbocycles. The minimum Gasteiger partial charge on any atom is -0.507 e. The Hall–Kier alpha value is -1.62. The summed E-state index contributed by atoms with van der Waals surface area (Å²) in [6.45, 7) is 2.07. The van der Waals surface area contributed by atoms with E-state index >= 15 is 0 Å². The molecule has 1 saturated heterocycles. The van der Waals surface area contributed by atoms with E-state index < -0.39 is 5.82 Å². The van der Waals surface area contributed by atoms with E-state index in [0.717, 1.165) is 38.2 Å². The number of ether oxygens (including phenoxy) is 1. The van der Waals surface area contributed by atoms with E-state index in [4.69, 9.17) is 4.74 Å². The van der Waals surface area contributed by atoms with E-state index in [9.17, 15) is 14.3 Å². The topological polar surface area (TPSA) is 58.6 Å². The van der Waals surface area contributed by atoms with E-state index in [-0.39, 0.29) is 17.2 Å². The van der Waals surface area contributed by atoms with Crippen LogP contribution in [0.25, 0.3) is 0 Å². The minimum atomic E-state index is -0.563. The van der Waals surface area contributed by atoms with Gasteiger partial charge in [0.25, 0.3) is 5.91 Å². The van der Waals surface area contributed by atoms with Crippen molar-refractivity contribution in [2.24, 2.45) is 5.92 Å². The maximum absolute atomic E-state index is 12.8. The molecule has 5 heteroatoms. The van der Waals surface area contributed by atoms with Crippen LogP contribution in [0.4, 0.5) is 4.39 Å². The summed E-state index contributed by atoms with van der Waals surface area (Å²) in [5.74, 6) is -0.789. The molecule has 0 spiro atoms. The van der Waals surface area contributed by atoms with Crippen LogP contribution in [0.1, 0.15) is 23.2 Å². The smallest absolute Gasteiger partial charge is 0.255 e. The van der Waals surface area contributed by atoms with Crippen molar-refractivity contribution < 1.29 is 19.0 Å². The lowest BCUT2D eigenvalue weighted by Gasteiger charge is -2.09. The first-order valence-electron chi connectivity index (χ1n) is 6.01. The van der Waals surface area contributed by atoms with Gasteiger partial charge in [0.1, 0.15) is 11.6 Å². The van der Waals surface area contributed by atoms with Crippen molar-refractivity contribution in [2.45, 2.75) is 12.8 Å². The lowest BCUT2D eigenvalue weighted by atomic mass is 10.1. The second kappa shape index (κ2) is 5.82. The summed E-state index contributed by atoms with van der Waals surface area (Å²) in [6, 6.07) is 3.36. The first-order valence-corrected chi connectivity index (χ1v) is 6.01. The SMILES string of the molecule is O=C(NCCC1CCOC1)c1ccc(F)cc1O. The largest absolute Gasteiger partial charge is 0.507 e. The minimum absolute atomic E-state index is 0.0964. The van der Waals surface area contributed by atoms with Crippen molar-refractivity contribution in [3.63, 3.8) is 0 Å². The van der Waals surface area contributed by atoms with Gasteiger partial charge in [0, 0.05) is 25.8 Å². The number of aromatic hydroxyl groups is 1. The number of hydrogen-bond donors (Lipinski definition) is 2. The number of halogens is 1. The molecular formula is C13H16FNO3. The van der Waals surface area contributed by atoms with Gasteiger partial charge in [0.15, 0.2) is 0 Å². The molecule has 1 amide bonds. The molecule has 0 aromatic heterocycles. The molecule has 1 aliphatic rings. The number of carbonyl (C=O) groups is 1. The molecule has 0 bridgehead atoms. The van der Waals surface area contributed by atoms with Crippen molar-refractivity contribution >= 4 is 5.91 Å². The molecule has 1 heterocycles. The standard InChI is InChI=1S/C13H16FNO3/c14-10-1-2-11(12(16)7-10)13(17)15-5-3-9-4-6-18-8-9/h1-2,7,9,16H,3-6,8H2,(H,15,17). The fourth-order valence-corrected chi connectivity index (χ4v) is 1.99. The average Bonchev–Trinajstić information content (AvgIpc) is 2.81. The van der Waals surface area contributed by atoms with Gasteiger partial charge in [0.05, 0.1) is 5.56 Å². The number of nitrogens with one attached hydrogen (secondary N) is 1. The van der Waals surface area contributed by atoms with Crippen LogP contribution in [-0.4, -0.2) is 30.8 Å². The first kappa shape index (κ1) is 12.8. The van der Waals surface area contributed by atoms with Crippen LogP contribution in [0.5, 0.6) is 5.75 Å². The van der Waals surface area contributed by atoms with Crippen LogP contribution in [0.3, 0.4) is 0 Å². The molecule has 98 valence electrons. The van der Waals surface area contributed by atoms with Crippen LogP contribution >= 0.6 is 0 Å². The number of phenols is 1. The lowest BCUT2D eigenvalue weighted by molar-refractivity contribution is 0.0947. The molecule has 2 N–H and O–H groups in total. The van der Waals surface area contributed by atoms with Gasteiger partial charge >= 0.3 is 0 Å². The number of amides is 1. The van der Waals surface area contributed by atoms with Crippen LogP contribution in [0.15, 0.2) is 18.2 Å². The Labute approximate surface area is 105 Å². The summed E-state index contributed by atoms with van der Waals surface area (Å²) >= 11 is 0. The quantitative estimate of drug-likeness (QED) is 0.858. The summed E-state index contributed by atoms with van der Waals surface area (Å²) < 4.78 is 18.0. The summed E-state index contributed by atoms with van der Waals surface area (Å²) in [7, 11) is 0. The van der Waals surface area contributed by atoms with Gasteiger partial charge in [-0.1, -0.05) is 0 Å². The summed E-state index contributed by atoms with van der Waals surface area (Å²) in [5, 5.41) is 12.2. The van der Waals surface area contributed by atoms with Crippen molar-refractivity contribution in [1.29, 1.82) is 0 Å². The Morgan fingerprint density at radius 3 is 3.06 bits per heavy atom. The summed E-state index contributed by atoms with van der Waals surface area (Å²) in [6.07, 6.45) is 1.88. The highest BCUT2D eigenvalue weighted by Crippen LogP contribution is 2.18. The highest BCUT2D eigenvalue weighted by atomic mass is 19.1. The fraction of sp³-hybridized carbons (Fsp3) is 0.462. The monoisotopic (exact) mass is 253 g/mol. The zero-order chi connectivity index (χ0) is 13.0. The van der Waals surface area contributed by atoms with Gasteiger partial charge < -0.3 is 15.2 Å². The van der Waals surface area contributed by atoms with Gasteiger partial charge in [-0.15, -0.1) is 0 Å². The van der Waals surface area contributed by atoms with E-state index in [2.05, 4.69) is 5.32 Å². The van der Waals surface area contributed by atoms with Crippen LogP contribution < -0.4 is 5.32 Å². The Morgan fingerprint density at radius 1 is 1.56 bits per heavy atom. The number of benzene rings is 1. The Kier molecular flexibility index (Phi) is 4.15. The van der Waals surface area contributed by atoms with Crippen LogP contribution in [-0.2, 0) is 4.74 Å². The predicted octanol–water partition coefficient (Wildman–Crippen LogP) is 1.69.